The Morgan fingerprint density at radius 3 is 2.36 bits per heavy atom. The van der Waals surface area contributed by atoms with Gasteiger partial charge in [-0.2, -0.15) is 0 Å². The molecule has 0 atom stereocenters. The number of hydrogen-bond acceptors (Lipinski definition) is 6. The molecule has 0 amide bonds. The number of H-pyrrole nitrogens is 1. The maximum absolute atomic E-state index is 13.2. The fourth-order valence-corrected chi connectivity index (χ4v) is 3.80. The molecule has 0 saturated carbocycles. The fourth-order valence-electron chi connectivity index (χ4n) is 3.80. The number of benzene rings is 1. The molecule has 3 aromatic rings. The molecule has 10 heteroatoms. The second kappa shape index (κ2) is 11.4. The van der Waals surface area contributed by atoms with Crippen molar-refractivity contribution in [3.8, 4) is 0 Å². The van der Waals surface area contributed by atoms with E-state index in [1.54, 1.807) is 25.6 Å². The highest BCUT2D eigenvalue weighted by molar-refractivity contribution is 6.01. The number of nitrogens with one attached hydrogen (secondary N) is 1. The second-order valence-corrected chi connectivity index (χ2v) is 7.83. The lowest BCUT2D eigenvalue weighted by molar-refractivity contribution is 0.0913. The standard InChI is InChI=1S/C20H25FN4O3.C3H4N2/c1-2-24-19(27)17(16(26)13-23-10-4-3-5-11-23)18(22)25(20(24)28)12-14-6-8-15(21)9-7-14;1-2-5-3-4-1/h6-9H,2-5,10-13,22H2,1H3;1-3H,(H,4,5). The van der Waals surface area contributed by atoms with Crippen LogP contribution in [0.3, 0.4) is 0 Å². The molecule has 0 radical (unpaired) electrons. The molecule has 9 nitrogen and oxygen atoms in total. The van der Waals surface area contributed by atoms with E-state index < -0.39 is 11.2 Å². The van der Waals surface area contributed by atoms with E-state index in [0.29, 0.717) is 5.56 Å². The number of carbonyl (C=O) groups is 1. The van der Waals surface area contributed by atoms with Gasteiger partial charge in [0.1, 0.15) is 17.2 Å². The number of nitrogens with zero attached hydrogens (tertiary/aromatic N) is 4. The van der Waals surface area contributed by atoms with Gasteiger partial charge in [0.15, 0.2) is 5.78 Å². The van der Waals surface area contributed by atoms with Crippen molar-refractivity contribution in [2.75, 3.05) is 25.4 Å². The maximum atomic E-state index is 13.2. The Morgan fingerprint density at radius 1 is 1.12 bits per heavy atom. The largest absolute Gasteiger partial charge is 0.384 e. The van der Waals surface area contributed by atoms with Crippen molar-refractivity contribution in [3.05, 3.63) is 80.8 Å². The summed E-state index contributed by atoms with van der Waals surface area (Å²) in [5, 5.41) is 0. The number of likely N-dealkylation sites (tertiary alicyclic amines) is 1. The number of piperidine rings is 1. The van der Waals surface area contributed by atoms with Gasteiger partial charge in [-0.05, 0) is 50.6 Å². The van der Waals surface area contributed by atoms with Crippen molar-refractivity contribution < 1.29 is 9.18 Å². The molecular formula is C23H29FN6O3. The first-order valence-electron chi connectivity index (χ1n) is 11.0. The number of rotatable bonds is 6. The molecule has 0 aliphatic carbocycles. The van der Waals surface area contributed by atoms with Crippen molar-refractivity contribution in [1.29, 1.82) is 0 Å². The lowest BCUT2D eigenvalue weighted by Crippen LogP contribution is -2.45. The molecule has 3 N–H and O–H groups in total. The minimum Gasteiger partial charge on any atom is -0.384 e. The first kappa shape index (κ1) is 24.1. The Hall–Kier alpha value is -3.53. The molecule has 0 spiro atoms. The number of hydrogen-bond donors (Lipinski definition) is 2. The van der Waals surface area contributed by atoms with Gasteiger partial charge in [-0.1, -0.05) is 18.6 Å². The van der Waals surface area contributed by atoms with Crippen LogP contribution in [0.4, 0.5) is 10.2 Å². The van der Waals surface area contributed by atoms with Crippen LogP contribution < -0.4 is 17.0 Å². The molecule has 1 saturated heterocycles. The Balaban J connectivity index is 0.000000541. The van der Waals surface area contributed by atoms with Crippen molar-refractivity contribution >= 4 is 11.6 Å². The van der Waals surface area contributed by atoms with E-state index in [1.807, 2.05) is 4.90 Å². The van der Waals surface area contributed by atoms with Crippen molar-refractivity contribution in [1.82, 2.24) is 24.0 Å². The van der Waals surface area contributed by atoms with Gasteiger partial charge in [0.25, 0.3) is 5.56 Å². The van der Waals surface area contributed by atoms with Crippen molar-refractivity contribution in [3.63, 3.8) is 0 Å². The van der Waals surface area contributed by atoms with Gasteiger partial charge in [-0.15, -0.1) is 0 Å². The summed E-state index contributed by atoms with van der Waals surface area (Å²) < 4.78 is 15.4. The average Bonchev–Trinajstić information content (AvgIpc) is 3.39. The van der Waals surface area contributed by atoms with E-state index in [1.165, 1.54) is 28.8 Å². The number of nitrogens with two attached hydrogens (primary N) is 1. The molecule has 1 aliphatic rings. The monoisotopic (exact) mass is 456 g/mol. The van der Waals surface area contributed by atoms with E-state index in [2.05, 4.69) is 9.97 Å². The predicted octanol–water partition coefficient (Wildman–Crippen LogP) is 1.88. The highest BCUT2D eigenvalue weighted by Crippen LogP contribution is 2.13. The molecular weight excluding hydrogens is 427 g/mol. The summed E-state index contributed by atoms with van der Waals surface area (Å²) >= 11 is 0. The smallest absolute Gasteiger partial charge is 0.332 e. The Morgan fingerprint density at radius 2 is 1.82 bits per heavy atom. The number of carbonyl (C=O) groups excluding carboxylic acids is 1. The zero-order valence-electron chi connectivity index (χ0n) is 18.7. The minimum absolute atomic E-state index is 0.0508. The molecule has 1 aromatic carbocycles. The normalized spacial score (nSPS) is 13.9. The van der Waals surface area contributed by atoms with Crippen molar-refractivity contribution in [2.45, 2.75) is 39.3 Å². The van der Waals surface area contributed by atoms with Crippen LogP contribution in [-0.4, -0.2) is 49.4 Å². The number of aromatic nitrogens is 4. The van der Waals surface area contributed by atoms with E-state index in [-0.39, 0.29) is 42.6 Å². The Bertz CT molecular complexity index is 1150. The summed E-state index contributed by atoms with van der Waals surface area (Å²) in [5.41, 5.74) is 5.40. The molecule has 2 aromatic heterocycles. The number of ketones is 1. The lowest BCUT2D eigenvalue weighted by atomic mass is 10.1. The molecule has 1 fully saturated rings. The van der Waals surface area contributed by atoms with Crippen LogP contribution in [0.15, 0.2) is 52.6 Å². The van der Waals surface area contributed by atoms with Gasteiger partial charge in [-0.3, -0.25) is 23.6 Å². The summed E-state index contributed by atoms with van der Waals surface area (Å²) in [7, 11) is 0. The maximum Gasteiger partial charge on any atom is 0.332 e. The minimum atomic E-state index is -0.651. The second-order valence-electron chi connectivity index (χ2n) is 7.83. The fraction of sp³-hybridized carbons (Fsp3) is 0.391. The third kappa shape index (κ3) is 6.04. The highest BCUT2D eigenvalue weighted by Gasteiger charge is 2.24. The number of aromatic amines is 1. The van der Waals surface area contributed by atoms with Crippen LogP contribution in [0.25, 0.3) is 0 Å². The van der Waals surface area contributed by atoms with Crippen LogP contribution in [0.1, 0.15) is 42.1 Å². The first-order valence-corrected chi connectivity index (χ1v) is 11.0. The van der Waals surface area contributed by atoms with Gasteiger partial charge < -0.3 is 10.7 Å². The molecule has 1 aliphatic heterocycles. The summed E-state index contributed by atoms with van der Waals surface area (Å²) in [6.45, 7) is 3.57. The van der Waals surface area contributed by atoms with Crippen LogP contribution in [0, 0.1) is 5.82 Å². The summed E-state index contributed by atoms with van der Waals surface area (Å²) in [6, 6.07) is 5.65. The van der Waals surface area contributed by atoms with Gasteiger partial charge in [-0.25, -0.2) is 14.2 Å². The number of anilines is 1. The number of Topliss-reactive ketones (excluding diaryl/α,β-unsaturated/α-hetero) is 1. The van der Waals surface area contributed by atoms with Gasteiger partial charge in [0.05, 0.1) is 19.4 Å². The lowest BCUT2D eigenvalue weighted by Gasteiger charge is -2.26. The number of imidazole rings is 1. The molecule has 33 heavy (non-hydrogen) atoms. The zero-order chi connectivity index (χ0) is 23.8. The van der Waals surface area contributed by atoms with Gasteiger partial charge in [0, 0.05) is 18.9 Å². The molecule has 3 heterocycles. The summed E-state index contributed by atoms with van der Waals surface area (Å²) in [4.78, 5) is 46.8. The Labute approximate surface area is 190 Å². The van der Waals surface area contributed by atoms with E-state index in [9.17, 15) is 18.8 Å². The Kier molecular flexibility index (Phi) is 8.31. The van der Waals surface area contributed by atoms with Crippen molar-refractivity contribution in [2.24, 2.45) is 0 Å². The van der Waals surface area contributed by atoms with Gasteiger partial charge in [0.2, 0.25) is 0 Å². The first-order chi connectivity index (χ1) is 15.9. The van der Waals surface area contributed by atoms with Gasteiger partial charge >= 0.3 is 5.69 Å². The van der Waals surface area contributed by atoms with Crippen LogP contribution in [-0.2, 0) is 13.1 Å². The third-order valence-corrected chi connectivity index (χ3v) is 5.54. The molecule has 0 bridgehead atoms. The van der Waals surface area contributed by atoms with E-state index in [4.69, 9.17) is 5.73 Å². The number of nitrogen functional groups attached to an aromatic ring is 1. The molecule has 0 unspecified atom stereocenters. The number of halogens is 1. The molecule has 4 rings (SSSR count). The topological polar surface area (TPSA) is 119 Å². The van der Waals surface area contributed by atoms with Crippen LogP contribution >= 0.6 is 0 Å². The summed E-state index contributed by atoms with van der Waals surface area (Å²) in [5.74, 6) is -0.898. The SMILES string of the molecule is CCn1c(=O)c(C(=O)CN2CCCCC2)c(N)n(Cc2ccc(F)cc2)c1=O.c1c[nH]cn1. The van der Waals surface area contributed by atoms with Crippen LogP contribution in [0.5, 0.6) is 0 Å². The average molecular weight is 457 g/mol. The highest BCUT2D eigenvalue weighted by atomic mass is 19.1. The third-order valence-electron chi connectivity index (χ3n) is 5.54. The predicted molar refractivity (Wildman–Crippen MR) is 124 cm³/mol. The van der Waals surface area contributed by atoms with E-state index in [0.717, 1.165) is 36.9 Å². The quantitative estimate of drug-likeness (QED) is 0.547. The summed E-state index contributed by atoms with van der Waals surface area (Å²) in [6.07, 6.45) is 8.26. The molecule has 176 valence electrons. The zero-order valence-corrected chi connectivity index (χ0v) is 18.7. The van der Waals surface area contributed by atoms with Crippen LogP contribution in [0.2, 0.25) is 0 Å². The van der Waals surface area contributed by atoms with E-state index >= 15 is 0 Å².